The van der Waals surface area contributed by atoms with E-state index in [0.29, 0.717) is 36.5 Å². The van der Waals surface area contributed by atoms with Gasteiger partial charge >= 0.3 is 0 Å². The third-order valence-corrected chi connectivity index (χ3v) is 6.78. The number of hydrogen-bond acceptors (Lipinski definition) is 6. The molecule has 1 amide bonds. The van der Waals surface area contributed by atoms with Crippen molar-refractivity contribution >= 4 is 22.6 Å². The maximum Gasteiger partial charge on any atom is 0.264 e. The Morgan fingerprint density at radius 3 is 2.28 bits per heavy atom. The molecule has 3 heterocycles. The third kappa shape index (κ3) is 4.56. The largest absolute Gasteiger partial charge is 0.497 e. The first-order chi connectivity index (χ1) is 17.4. The van der Waals surface area contributed by atoms with Crippen LogP contribution < -0.4 is 15.2 Å². The van der Waals surface area contributed by atoms with Crippen LogP contribution in [0.1, 0.15) is 17.8 Å². The van der Waals surface area contributed by atoms with E-state index in [1.54, 1.807) is 29.5 Å². The van der Waals surface area contributed by atoms with E-state index < -0.39 is 0 Å². The van der Waals surface area contributed by atoms with Gasteiger partial charge in [-0.2, -0.15) is 5.10 Å². The Morgan fingerprint density at radius 2 is 1.61 bits per heavy atom. The number of anilines is 1. The molecule has 0 unspecified atom stereocenters. The lowest BCUT2D eigenvalue weighted by Crippen LogP contribution is -2.49. The number of nitrogens with zero attached hydrogens (tertiary/aromatic N) is 6. The van der Waals surface area contributed by atoms with Crippen LogP contribution in [-0.2, 0) is 11.3 Å². The van der Waals surface area contributed by atoms with E-state index in [9.17, 15) is 9.59 Å². The van der Waals surface area contributed by atoms with E-state index in [1.807, 2.05) is 60.4 Å². The van der Waals surface area contributed by atoms with Gasteiger partial charge in [0.1, 0.15) is 17.0 Å². The lowest BCUT2D eigenvalue weighted by atomic mass is 10.2. The number of benzene rings is 2. The van der Waals surface area contributed by atoms with Crippen LogP contribution in [0, 0.1) is 13.8 Å². The predicted molar refractivity (Wildman–Crippen MR) is 139 cm³/mol. The number of methoxy groups -OCH3 is 1. The van der Waals surface area contributed by atoms with Gasteiger partial charge in [0.05, 0.1) is 19.0 Å². The molecule has 1 saturated heterocycles. The van der Waals surface area contributed by atoms with E-state index in [-0.39, 0.29) is 17.9 Å². The van der Waals surface area contributed by atoms with Crippen LogP contribution in [0.4, 0.5) is 5.69 Å². The molecule has 0 N–H and O–H groups in total. The smallest absolute Gasteiger partial charge is 0.264 e. The van der Waals surface area contributed by atoms with Crippen LogP contribution in [0.2, 0.25) is 0 Å². The summed E-state index contributed by atoms with van der Waals surface area (Å²) in [5, 5.41) is 4.85. The van der Waals surface area contributed by atoms with Crippen molar-refractivity contribution < 1.29 is 9.53 Å². The van der Waals surface area contributed by atoms with Gasteiger partial charge in [-0.15, -0.1) is 0 Å². The second-order valence-electron chi connectivity index (χ2n) is 9.06. The second-order valence-corrected chi connectivity index (χ2v) is 9.06. The van der Waals surface area contributed by atoms with E-state index in [4.69, 9.17) is 4.74 Å². The molecule has 2 aromatic heterocycles. The first-order valence-corrected chi connectivity index (χ1v) is 12.1. The van der Waals surface area contributed by atoms with E-state index in [1.165, 1.54) is 0 Å². The Balaban J connectivity index is 1.24. The molecule has 1 fully saturated rings. The summed E-state index contributed by atoms with van der Waals surface area (Å²) in [5.41, 5.74) is 3.47. The van der Waals surface area contributed by atoms with Crippen molar-refractivity contribution in [3.63, 3.8) is 0 Å². The van der Waals surface area contributed by atoms with Crippen molar-refractivity contribution in [2.24, 2.45) is 0 Å². The minimum Gasteiger partial charge on any atom is -0.497 e. The lowest BCUT2D eigenvalue weighted by molar-refractivity contribution is -0.131. The van der Waals surface area contributed by atoms with Crippen molar-refractivity contribution in [3.05, 3.63) is 76.5 Å². The highest BCUT2D eigenvalue weighted by Crippen LogP contribution is 2.21. The molecule has 0 radical (unpaired) electrons. The standard InChI is InChI=1S/C27H30N6O3/c1-19-4-6-22(7-5-19)33-26-24(18-28-33)27(35)32(20(2)29-26)13-12-25(34)31-16-14-30(15-17-31)21-8-10-23(36-3)11-9-21/h4-11,18H,12-17H2,1-3H3. The molecule has 2 aromatic carbocycles. The molecule has 9 heteroatoms. The summed E-state index contributed by atoms with van der Waals surface area (Å²) in [6, 6.07) is 15.9. The molecule has 186 valence electrons. The van der Waals surface area contributed by atoms with Crippen LogP contribution in [-0.4, -0.2) is 63.4 Å². The zero-order chi connectivity index (χ0) is 25.2. The van der Waals surface area contributed by atoms with Gasteiger partial charge in [0.15, 0.2) is 5.65 Å². The molecule has 0 aliphatic carbocycles. The first kappa shape index (κ1) is 23.6. The monoisotopic (exact) mass is 486 g/mol. The number of aromatic nitrogens is 4. The Kier molecular flexibility index (Phi) is 6.45. The van der Waals surface area contributed by atoms with Crippen LogP contribution in [0.25, 0.3) is 16.7 Å². The fourth-order valence-corrected chi connectivity index (χ4v) is 4.62. The van der Waals surface area contributed by atoms with Crippen molar-refractivity contribution in [3.8, 4) is 11.4 Å². The summed E-state index contributed by atoms with van der Waals surface area (Å²) in [6.07, 6.45) is 1.81. The lowest BCUT2D eigenvalue weighted by Gasteiger charge is -2.36. The molecule has 9 nitrogen and oxygen atoms in total. The molecule has 5 rings (SSSR count). The zero-order valence-corrected chi connectivity index (χ0v) is 20.8. The molecule has 4 aromatic rings. The van der Waals surface area contributed by atoms with E-state index in [0.717, 1.165) is 35.8 Å². The van der Waals surface area contributed by atoms with Gasteiger partial charge in [0.25, 0.3) is 5.56 Å². The number of fused-ring (bicyclic) bond motifs is 1. The summed E-state index contributed by atoms with van der Waals surface area (Å²) in [6.45, 7) is 6.95. The highest BCUT2D eigenvalue weighted by atomic mass is 16.5. The number of aryl methyl sites for hydroxylation is 2. The molecule has 1 aliphatic heterocycles. The van der Waals surface area contributed by atoms with Crippen molar-refractivity contribution in [2.45, 2.75) is 26.8 Å². The van der Waals surface area contributed by atoms with Gasteiger partial charge in [-0.05, 0) is 50.2 Å². The highest BCUT2D eigenvalue weighted by Gasteiger charge is 2.22. The highest BCUT2D eigenvalue weighted by molar-refractivity contribution is 5.77. The van der Waals surface area contributed by atoms with Gasteiger partial charge in [-0.25, -0.2) is 9.67 Å². The SMILES string of the molecule is COc1ccc(N2CCN(C(=O)CCn3c(C)nc4c(cnn4-c4ccc(C)cc4)c3=O)CC2)cc1. The predicted octanol–water partition coefficient (Wildman–Crippen LogP) is 2.95. The topological polar surface area (TPSA) is 85.5 Å². The number of carbonyl (C=O) groups excluding carboxylic acids is 1. The number of carbonyl (C=O) groups is 1. The normalized spacial score (nSPS) is 13.9. The third-order valence-electron chi connectivity index (χ3n) is 6.78. The van der Waals surface area contributed by atoms with Gasteiger partial charge in [-0.1, -0.05) is 17.7 Å². The van der Waals surface area contributed by atoms with Crippen molar-refractivity contribution in [2.75, 3.05) is 38.2 Å². The summed E-state index contributed by atoms with van der Waals surface area (Å²) in [4.78, 5) is 35.0. The van der Waals surface area contributed by atoms with Crippen LogP contribution in [0.15, 0.2) is 59.5 Å². The Bertz CT molecular complexity index is 1430. The number of rotatable bonds is 6. The Hall–Kier alpha value is -4.14. The van der Waals surface area contributed by atoms with Gasteiger partial charge < -0.3 is 14.5 Å². The zero-order valence-electron chi connectivity index (χ0n) is 20.8. The first-order valence-electron chi connectivity index (χ1n) is 12.1. The van der Waals surface area contributed by atoms with Gasteiger partial charge in [-0.3, -0.25) is 14.2 Å². The fourth-order valence-electron chi connectivity index (χ4n) is 4.62. The quantitative estimate of drug-likeness (QED) is 0.417. The van der Waals surface area contributed by atoms with Crippen molar-refractivity contribution in [1.82, 2.24) is 24.2 Å². The number of piperazine rings is 1. The molecule has 0 saturated carbocycles. The molecule has 36 heavy (non-hydrogen) atoms. The molecule has 0 bridgehead atoms. The van der Waals surface area contributed by atoms with Crippen LogP contribution in [0.5, 0.6) is 5.75 Å². The maximum absolute atomic E-state index is 13.2. The number of ether oxygens (including phenoxy) is 1. The maximum atomic E-state index is 13.2. The molecule has 0 atom stereocenters. The summed E-state index contributed by atoms with van der Waals surface area (Å²) in [5.74, 6) is 1.44. The van der Waals surface area contributed by atoms with Crippen molar-refractivity contribution in [1.29, 1.82) is 0 Å². The molecular weight excluding hydrogens is 456 g/mol. The van der Waals surface area contributed by atoms with E-state index >= 15 is 0 Å². The Labute approximate surface area is 209 Å². The minimum absolute atomic E-state index is 0.0473. The van der Waals surface area contributed by atoms with E-state index in [2.05, 4.69) is 15.0 Å². The Morgan fingerprint density at radius 1 is 0.944 bits per heavy atom. The summed E-state index contributed by atoms with van der Waals surface area (Å²) >= 11 is 0. The average molecular weight is 487 g/mol. The van der Waals surface area contributed by atoms with Crippen LogP contribution in [0.3, 0.4) is 0 Å². The minimum atomic E-state index is -0.173. The summed E-state index contributed by atoms with van der Waals surface area (Å²) < 4.78 is 8.49. The number of hydrogen-bond donors (Lipinski definition) is 0. The number of amides is 1. The van der Waals surface area contributed by atoms with Crippen LogP contribution >= 0.6 is 0 Å². The summed E-state index contributed by atoms with van der Waals surface area (Å²) in [7, 11) is 1.65. The molecule has 0 spiro atoms. The fraction of sp³-hybridized carbons (Fsp3) is 0.333. The average Bonchev–Trinajstić information content (AvgIpc) is 3.33. The van der Waals surface area contributed by atoms with Gasteiger partial charge in [0.2, 0.25) is 5.91 Å². The molecule has 1 aliphatic rings. The second kappa shape index (κ2) is 9.85. The molecular formula is C27H30N6O3. The van der Waals surface area contributed by atoms with Gasteiger partial charge in [0, 0.05) is 44.8 Å².